The zero-order valence-corrected chi connectivity index (χ0v) is 6.48. The first kappa shape index (κ1) is 11.2. The molecule has 0 aromatic carbocycles. The molecule has 0 unspecified atom stereocenters. The average molecular weight is 185 g/mol. The number of carbonyl (C=O) groups excluding carboxylic acids is 1. The summed E-state index contributed by atoms with van der Waals surface area (Å²) in [4.78, 5) is 10.5. The average Bonchev–Trinajstić information content (AvgIpc) is 1.82. The van der Waals surface area contributed by atoms with E-state index < -0.39 is 24.5 Å². The highest BCUT2D eigenvalue weighted by Crippen LogP contribution is 2.18. The molecule has 0 saturated carbocycles. The fourth-order valence-electron chi connectivity index (χ4n) is 0.554. The summed E-state index contributed by atoms with van der Waals surface area (Å²) in [6, 6.07) is -0.639. The summed E-state index contributed by atoms with van der Waals surface area (Å²) in [5.41, 5.74) is 0. The summed E-state index contributed by atoms with van der Waals surface area (Å²) in [6.45, 7) is 1.04. The van der Waals surface area contributed by atoms with E-state index in [4.69, 9.17) is 5.11 Å². The predicted octanol–water partition coefficient (Wildman–Crippen LogP) is 0.436. The number of aliphatic hydroxyl groups is 1. The Morgan fingerprint density at radius 1 is 1.58 bits per heavy atom. The first-order valence-electron chi connectivity index (χ1n) is 3.32. The molecular weight excluding hydrogens is 175 g/mol. The number of halogens is 3. The summed E-state index contributed by atoms with van der Waals surface area (Å²) in [5, 5.41) is 10.4. The lowest BCUT2D eigenvalue weighted by molar-refractivity contribution is -0.154. The molecule has 2 N–H and O–H groups in total. The van der Waals surface area contributed by atoms with Gasteiger partial charge in [-0.1, -0.05) is 0 Å². The first-order chi connectivity index (χ1) is 5.35. The Balaban J connectivity index is 3.75. The maximum absolute atomic E-state index is 11.5. The van der Waals surface area contributed by atoms with Gasteiger partial charge in [0.25, 0.3) is 0 Å². The van der Waals surface area contributed by atoms with Crippen LogP contribution < -0.4 is 5.32 Å². The number of nitrogens with one attached hydrogen (secondary N) is 1. The molecule has 0 aliphatic carbocycles. The molecule has 0 bridgehead atoms. The monoisotopic (exact) mass is 185 g/mol. The molecule has 0 aliphatic rings. The number of hydrogen-bond donors (Lipinski definition) is 2. The van der Waals surface area contributed by atoms with Crippen LogP contribution in [0.5, 0.6) is 0 Å². The van der Waals surface area contributed by atoms with Crippen LogP contribution in [0.2, 0.25) is 0 Å². The van der Waals surface area contributed by atoms with Crippen LogP contribution in [0.4, 0.5) is 13.2 Å². The van der Waals surface area contributed by atoms with Crippen LogP contribution in [0.1, 0.15) is 13.3 Å². The van der Waals surface area contributed by atoms with E-state index in [2.05, 4.69) is 0 Å². The quantitative estimate of drug-likeness (QED) is 0.670. The van der Waals surface area contributed by atoms with Gasteiger partial charge in [0, 0.05) is 6.04 Å². The second kappa shape index (κ2) is 4.30. The minimum atomic E-state index is -4.49. The Hall–Kier alpha value is -0.780. The van der Waals surface area contributed by atoms with Crippen molar-refractivity contribution in [2.24, 2.45) is 0 Å². The summed E-state index contributed by atoms with van der Waals surface area (Å²) >= 11 is 0. The smallest absolute Gasteiger partial charge is 0.394 e. The van der Waals surface area contributed by atoms with E-state index in [0.29, 0.717) is 0 Å². The molecule has 0 aromatic rings. The lowest BCUT2D eigenvalue weighted by Crippen LogP contribution is -2.37. The van der Waals surface area contributed by atoms with E-state index >= 15 is 0 Å². The van der Waals surface area contributed by atoms with E-state index in [-0.39, 0.29) is 6.61 Å². The molecule has 72 valence electrons. The molecule has 0 aliphatic heterocycles. The minimum Gasteiger partial charge on any atom is -0.394 e. The van der Waals surface area contributed by atoms with Gasteiger partial charge in [-0.05, 0) is 6.92 Å². The highest BCUT2D eigenvalue weighted by atomic mass is 19.4. The Kier molecular flexibility index (Phi) is 4.02. The fourth-order valence-corrected chi connectivity index (χ4v) is 0.554. The highest BCUT2D eigenvalue weighted by Gasteiger charge is 2.31. The number of amides is 1. The molecule has 0 saturated heterocycles. The van der Waals surface area contributed by atoms with Crippen LogP contribution >= 0.6 is 0 Å². The van der Waals surface area contributed by atoms with Crippen LogP contribution in [-0.2, 0) is 4.79 Å². The van der Waals surface area contributed by atoms with Crippen LogP contribution in [0.15, 0.2) is 0 Å². The van der Waals surface area contributed by atoms with Gasteiger partial charge in [-0.2, -0.15) is 13.2 Å². The molecular formula is C6H10F3NO2. The van der Waals surface area contributed by atoms with Crippen LogP contribution in [0.3, 0.4) is 0 Å². The van der Waals surface area contributed by atoms with E-state index in [9.17, 15) is 18.0 Å². The van der Waals surface area contributed by atoms with Gasteiger partial charge in [-0.3, -0.25) is 4.79 Å². The number of alkyl halides is 3. The third kappa shape index (κ3) is 5.96. The fraction of sp³-hybridized carbons (Fsp3) is 0.833. The molecule has 6 heteroatoms. The molecule has 0 radical (unpaired) electrons. The lowest BCUT2D eigenvalue weighted by Gasteiger charge is -2.11. The summed E-state index contributed by atoms with van der Waals surface area (Å²) in [7, 11) is 0. The third-order valence-electron chi connectivity index (χ3n) is 1.04. The molecule has 3 nitrogen and oxygen atoms in total. The van der Waals surface area contributed by atoms with Crippen molar-refractivity contribution in [1.29, 1.82) is 0 Å². The van der Waals surface area contributed by atoms with Crippen molar-refractivity contribution in [2.45, 2.75) is 25.6 Å². The maximum atomic E-state index is 11.5. The van der Waals surface area contributed by atoms with Crippen molar-refractivity contribution in [3.05, 3.63) is 0 Å². The van der Waals surface area contributed by atoms with Crippen molar-refractivity contribution < 1.29 is 23.1 Å². The zero-order valence-electron chi connectivity index (χ0n) is 6.48. The van der Waals surface area contributed by atoms with Gasteiger partial charge in [0.2, 0.25) is 5.91 Å². The number of carbonyl (C=O) groups is 1. The van der Waals surface area contributed by atoms with E-state index in [0.717, 1.165) is 0 Å². The Labute approximate surface area is 67.6 Å². The van der Waals surface area contributed by atoms with Crippen LogP contribution in [0.25, 0.3) is 0 Å². The molecule has 1 atom stereocenters. The summed E-state index contributed by atoms with van der Waals surface area (Å²) in [6.07, 6.45) is -5.99. The number of aliphatic hydroxyl groups excluding tert-OH is 1. The Morgan fingerprint density at radius 3 is 2.42 bits per heavy atom. The topological polar surface area (TPSA) is 49.3 Å². The highest BCUT2D eigenvalue weighted by molar-refractivity contribution is 5.76. The second-order valence-corrected chi connectivity index (χ2v) is 2.44. The van der Waals surface area contributed by atoms with E-state index in [1.54, 1.807) is 0 Å². The summed E-state index contributed by atoms with van der Waals surface area (Å²) in [5.74, 6) is -1.12. The van der Waals surface area contributed by atoms with Crippen molar-refractivity contribution in [3.8, 4) is 0 Å². The largest absolute Gasteiger partial charge is 0.397 e. The van der Waals surface area contributed by atoms with Gasteiger partial charge < -0.3 is 10.4 Å². The van der Waals surface area contributed by atoms with Gasteiger partial charge in [0.1, 0.15) is 6.42 Å². The lowest BCUT2D eigenvalue weighted by atomic mass is 10.3. The van der Waals surface area contributed by atoms with Gasteiger partial charge in [-0.25, -0.2) is 0 Å². The molecule has 1 amide bonds. The van der Waals surface area contributed by atoms with Gasteiger partial charge in [0.05, 0.1) is 6.61 Å². The van der Waals surface area contributed by atoms with Crippen molar-refractivity contribution in [1.82, 2.24) is 5.32 Å². The SMILES string of the molecule is C[C@H](CO)NC(=O)CC(F)(F)F. The van der Waals surface area contributed by atoms with Gasteiger partial charge in [0.15, 0.2) is 0 Å². The van der Waals surface area contributed by atoms with Crippen LogP contribution in [0, 0.1) is 0 Å². The predicted molar refractivity (Wildman–Crippen MR) is 35.4 cm³/mol. The first-order valence-corrected chi connectivity index (χ1v) is 3.32. The molecule has 0 fully saturated rings. The molecule has 0 spiro atoms. The van der Waals surface area contributed by atoms with E-state index in [1.807, 2.05) is 5.32 Å². The van der Waals surface area contributed by atoms with Crippen molar-refractivity contribution >= 4 is 5.91 Å². The number of hydrogen-bond acceptors (Lipinski definition) is 2. The van der Waals surface area contributed by atoms with Crippen molar-refractivity contribution in [3.63, 3.8) is 0 Å². The van der Waals surface area contributed by atoms with Crippen molar-refractivity contribution in [2.75, 3.05) is 6.61 Å². The molecule has 0 heterocycles. The number of rotatable bonds is 3. The van der Waals surface area contributed by atoms with Gasteiger partial charge >= 0.3 is 6.18 Å². The third-order valence-corrected chi connectivity index (χ3v) is 1.04. The second-order valence-electron chi connectivity index (χ2n) is 2.44. The van der Waals surface area contributed by atoms with Crippen LogP contribution in [-0.4, -0.2) is 29.8 Å². The molecule has 0 aromatic heterocycles. The molecule has 0 rings (SSSR count). The van der Waals surface area contributed by atoms with Gasteiger partial charge in [-0.15, -0.1) is 0 Å². The Bertz CT molecular complexity index is 157. The summed E-state index contributed by atoms with van der Waals surface area (Å²) < 4.78 is 34.6. The van der Waals surface area contributed by atoms with E-state index in [1.165, 1.54) is 6.92 Å². The Morgan fingerprint density at radius 2 is 2.08 bits per heavy atom. The minimum absolute atomic E-state index is 0.371. The molecule has 12 heavy (non-hydrogen) atoms. The zero-order chi connectivity index (χ0) is 9.78. The maximum Gasteiger partial charge on any atom is 0.397 e. The standard InChI is InChI=1S/C6H10F3NO2/c1-4(3-11)10-5(12)2-6(7,8)9/h4,11H,2-3H2,1H3,(H,10,12)/t4-/m1/s1. The normalized spacial score (nSPS) is 14.1.